The third kappa shape index (κ3) is 6.72. The molecule has 2 aromatic carbocycles. The van der Waals surface area contributed by atoms with Gasteiger partial charge in [0.25, 0.3) is 17.7 Å². The predicted octanol–water partition coefficient (Wildman–Crippen LogP) is 5.89. The van der Waals surface area contributed by atoms with Crippen molar-refractivity contribution in [2.75, 3.05) is 10.6 Å². The van der Waals surface area contributed by atoms with Crippen LogP contribution in [-0.4, -0.2) is 38.5 Å². The molecular weight excluding hydrogens is 561 g/mol. The van der Waals surface area contributed by atoms with E-state index in [0.717, 1.165) is 0 Å². The number of amides is 3. The van der Waals surface area contributed by atoms with Gasteiger partial charge in [0.15, 0.2) is 11.5 Å². The molecule has 9 nitrogen and oxygen atoms in total. The lowest BCUT2D eigenvalue weighted by atomic mass is 10.0. The summed E-state index contributed by atoms with van der Waals surface area (Å²) in [5, 5.41) is 11.5. The molecule has 0 fully saturated rings. The molecule has 2 aromatic heterocycles. The number of pyridine rings is 1. The number of aryl methyl sites for hydroxylation is 1. The summed E-state index contributed by atoms with van der Waals surface area (Å²) in [6.45, 7) is 5.05. The fraction of sp³-hybridized carbons (Fsp3) is 0.179. The highest BCUT2D eigenvalue weighted by Crippen LogP contribution is 2.32. The number of alkyl halides is 3. The molecule has 4 aromatic rings. The number of aromatic nitrogens is 3. The zero-order valence-electron chi connectivity index (χ0n) is 22.0. The molecule has 3 amide bonds. The Morgan fingerprint density at radius 2 is 1.63 bits per heavy atom. The summed E-state index contributed by atoms with van der Waals surface area (Å²) >= 11 is 6.14. The minimum absolute atomic E-state index is 0.0200. The highest BCUT2D eigenvalue weighted by atomic mass is 35.5. The molecule has 4 rings (SSSR count). The van der Waals surface area contributed by atoms with E-state index in [1.165, 1.54) is 30.5 Å². The minimum Gasteiger partial charge on any atom is -0.350 e. The van der Waals surface area contributed by atoms with Crippen molar-refractivity contribution in [2.45, 2.75) is 33.0 Å². The summed E-state index contributed by atoms with van der Waals surface area (Å²) in [6.07, 6.45) is -3.57. The molecule has 0 unspecified atom stereocenters. The molecule has 0 bridgehead atoms. The minimum atomic E-state index is -4.86. The second-order valence-corrected chi connectivity index (χ2v) is 9.66. The van der Waals surface area contributed by atoms with E-state index in [0.29, 0.717) is 21.9 Å². The maximum absolute atomic E-state index is 13.6. The van der Waals surface area contributed by atoms with E-state index in [4.69, 9.17) is 11.6 Å². The summed E-state index contributed by atoms with van der Waals surface area (Å²) in [7, 11) is 0. The smallest absolute Gasteiger partial charge is 0.350 e. The van der Waals surface area contributed by atoms with Gasteiger partial charge in [0.05, 0.1) is 16.3 Å². The molecule has 0 aliphatic rings. The average molecular weight is 585 g/mol. The molecule has 3 N–H and O–H groups in total. The van der Waals surface area contributed by atoms with Gasteiger partial charge in [-0.15, -0.1) is 0 Å². The highest BCUT2D eigenvalue weighted by Gasteiger charge is 2.37. The number of hydrogen-bond donors (Lipinski definition) is 3. The van der Waals surface area contributed by atoms with Crippen molar-refractivity contribution >= 4 is 40.7 Å². The Hall–Kier alpha value is -4.71. The molecule has 2 heterocycles. The zero-order chi connectivity index (χ0) is 29.9. The number of carbonyl (C=O) groups excluding carboxylic acids is 3. The second kappa shape index (κ2) is 11.8. The Morgan fingerprint density at radius 1 is 0.927 bits per heavy atom. The van der Waals surface area contributed by atoms with Gasteiger partial charge < -0.3 is 16.0 Å². The van der Waals surface area contributed by atoms with Crippen molar-refractivity contribution in [2.24, 2.45) is 0 Å². The van der Waals surface area contributed by atoms with Crippen LogP contribution in [0, 0.1) is 6.92 Å². The molecule has 41 heavy (non-hydrogen) atoms. The van der Waals surface area contributed by atoms with Gasteiger partial charge in [0.1, 0.15) is 5.69 Å². The second-order valence-electron chi connectivity index (χ2n) is 9.25. The average Bonchev–Trinajstić information content (AvgIpc) is 3.36. The standard InChI is InChI=1S/C28H24ClF3N6O3/c1-15(2)34-26(40)19-13-18(35-25(39)17-8-5-4-6-9-17)12-16(3)23(19)36-27(41)21-14-22(28(30,31)32)37-38(21)24-20(29)10-7-11-33-24/h4-15H,1-3H3,(H,34,40)(H,35,39)(H,36,41). The SMILES string of the molecule is Cc1cc(NC(=O)c2ccccc2)cc(C(=O)NC(C)C)c1NC(=O)c1cc(C(F)(F)F)nn1-c1ncccc1Cl. The van der Waals surface area contributed by atoms with Crippen molar-refractivity contribution < 1.29 is 27.6 Å². The van der Waals surface area contributed by atoms with Gasteiger partial charge >= 0.3 is 6.18 Å². The van der Waals surface area contributed by atoms with Gasteiger partial charge in [0.2, 0.25) is 0 Å². The van der Waals surface area contributed by atoms with E-state index in [1.807, 2.05) is 0 Å². The molecule has 0 aliphatic heterocycles. The quantitative estimate of drug-likeness (QED) is 0.250. The van der Waals surface area contributed by atoms with Crippen molar-refractivity contribution in [3.63, 3.8) is 0 Å². The van der Waals surface area contributed by atoms with Gasteiger partial charge in [0, 0.05) is 29.6 Å². The number of benzene rings is 2. The number of rotatable bonds is 7. The van der Waals surface area contributed by atoms with Crippen LogP contribution in [0.15, 0.2) is 66.9 Å². The zero-order valence-corrected chi connectivity index (χ0v) is 22.8. The van der Waals surface area contributed by atoms with Gasteiger partial charge in [-0.05, 0) is 62.7 Å². The van der Waals surface area contributed by atoms with Crippen LogP contribution in [0.25, 0.3) is 5.82 Å². The van der Waals surface area contributed by atoms with Gasteiger partial charge in [-0.25, -0.2) is 9.67 Å². The van der Waals surface area contributed by atoms with Crippen LogP contribution in [-0.2, 0) is 6.18 Å². The Bertz CT molecular complexity index is 1620. The number of carbonyl (C=O) groups is 3. The summed E-state index contributed by atoms with van der Waals surface area (Å²) in [5.41, 5.74) is -0.832. The molecule has 0 aliphatic carbocycles. The molecule has 212 valence electrons. The van der Waals surface area contributed by atoms with Crippen molar-refractivity contribution in [3.05, 3.63) is 100.0 Å². The van der Waals surface area contributed by atoms with Crippen molar-refractivity contribution in [1.82, 2.24) is 20.1 Å². The number of nitrogens with one attached hydrogen (secondary N) is 3. The lowest BCUT2D eigenvalue weighted by Gasteiger charge is -2.18. The maximum atomic E-state index is 13.6. The monoisotopic (exact) mass is 584 g/mol. The summed E-state index contributed by atoms with van der Waals surface area (Å²) in [4.78, 5) is 43.3. The first-order chi connectivity index (χ1) is 19.3. The van der Waals surface area contributed by atoms with E-state index in [2.05, 4.69) is 26.0 Å². The summed E-state index contributed by atoms with van der Waals surface area (Å²) in [5.74, 6) is -2.19. The van der Waals surface area contributed by atoms with E-state index in [1.54, 1.807) is 51.1 Å². The maximum Gasteiger partial charge on any atom is 0.435 e. The van der Waals surface area contributed by atoms with Crippen LogP contribution in [0.5, 0.6) is 0 Å². The van der Waals surface area contributed by atoms with Gasteiger partial charge in [-0.1, -0.05) is 29.8 Å². The summed E-state index contributed by atoms with van der Waals surface area (Å²) < 4.78 is 41.4. The molecule has 13 heteroatoms. The van der Waals surface area contributed by atoms with Crippen LogP contribution in [0.1, 0.15) is 56.3 Å². The fourth-order valence-electron chi connectivity index (χ4n) is 3.89. The summed E-state index contributed by atoms with van der Waals surface area (Å²) in [6, 6.07) is 14.5. The molecule has 0 spiro atoms. The highest BCUT2D eigenvalue weighted by molar-refractivity contribution is 6.32. The van der Waals surface area contributed by atoms with Crippen molar-refractivity contribution in [3.8, 4) is 5.82 Å². The Labute approximate surface area is 237 Å². The lowest BCUT2D eigenvalue weighted by Crippen LogP contribution is -2.31. The Balaban J connectivity index is 1.76. The fourth-order valence-corrected chi connectivity index (χ4v) is 4.09. The van der Waals surface area contributed by atoms with E-state index in [9.17, 15) is 27.6 Å². The van der Waals surface area contributed by atoms with Crippen LogP contribution in [0.2, 0.25) is 5.02 Å². The Kier molecular flexibility index (Phi) is 8.43. The van der Waals surface area contributed by atoms with E-state index >= 15 is 0 Å². The topological polar surface area (TPSA) is 118 Å². The molecule has 0 saturated heterocycles. The van der Waals surface area contributed by atoms with Gasteiger partial charge in [-0.3, -0.25) is 14.4 Å². The number of nitrogens with zero attached hydrogens (tertiary/aromatic N) is 3. The van der Waals surface area contributed by atoms with Crippen LogP contribution < -0.4 is 16.0 Å². The first-order valence-electron chi connectivity index (χ1n) is 12.3. The van der Waals surface area contributed by atoms with Crippen LogP contribution >= 0.6 is 11.6 Å². The first-order valence-corrected chi connectivity index (χ1v) is 12.6. The van der Waals surface area contributed by atoms with Crippen LogP contribution in [0.3, 0.4) is 0 Å². The lowest BCUT2D eigenvalue weighted by molar-refractivity contribution is -0.141. The normalized spacial score (nSPS) is 11.3. The van der Waals surface area contributed by atoms with E-state index < -0.39 is 35.3 Å². The van der Waals surface area contributed by atoms with Crippen LogP contribution in [0.4, 0.5) is 24.5 Å². The Morgan fingerprint density at radius 3 is 2.27 bits per heavy atom. The molecule has 0 radical (unpaired) electrons. The van der Waals surface area contributed by atoms with E-state index in [-0.39, 0.29) is 33.8 Å². The molecule has 0 saturated carbocycles. The van der Waals surface area contributed by atoms with Gasteiger partial charge in [-0.2, -0.15) is 18.3 Å². The number of anilines is 2. The number of hydrogen-bond acceptors (Lipinski definition) is 5. The largest absolute Gasteiger partial charge is 0.435 e. The third-order valence-electron chi connectivity index (χ3n) is 5.70. The predicted molar refractivity (Wildman–Crippen MR) is 148 cm³/mol. The molecular formula is C28H24ClF3N6O3. The first kappa shape index (κ1) is 29.3. The molecule has 0 atom stereocenters. The van der Waals surface area contributed by atoms with Crippen molar-refractivity contribution in [1.29, 1.82) is 0 Å². The third-order valence-corrected chi connectivity index (χ3v) is 6.00. The number of halogens is 4.